The predicted octanol–water partition coefficient (Wildman–Crippen LogP) is 4.19. The van der Waals surface area contributed by atoms with Crippen molar-refractivity contribution >= 4 is 27.4 Å². The molecule has 0 unspecified atom stereocenters. The molecular weight excluding hydrogens is 199 g/mol. The molecule has 0 aromatic heterocycles. The summed E-state index contributed by atoms with van der Waals surface area (Å²) in [5.41, 5.74) is 0.866. The molecule has 0 aliphatic carbocycles. The summed E-state index contributed by atoms with van der Waals surface area (Å²) < 4.78 is 12.9. The maximum Gasteiger partial charge on any atom is 0.123 e. The van der Waals surface area contributed by atoms with Crippen molar-refractivity contribution in [3.05, 3.63) is 54.4 Å². The molecule has 0 heterocycles. The predicted molar refractivity (Wildman–Crippen MR) is 58.8 cm³/mol. The molecule has 2 aromatic carbocycles. The third kappa shape index (κ3) is 1.64. The third-order valence-electron chi connectivity index (χ3n) is 2.12. The van der Waals surface area contributed by atoms with Crippen molar-refractivity contribution in [3.8, 4) is 0 Å². The van der Waals surface area contributed by atoms with Crippen LogP contribution >= 0.6 is 11.6 Å². The van der Waals surface area contributed by atoms with Crippen molar-refractivity contribution in [2.45, 2.75) is 0 Å². The highest BCUT2D eigenvalue weighted by molar-refractivity contribution is 6.48. The molecule has 0 amide bonds. The van der Waals surface area contributed by atoms with E-state index in [0.717, 1.165) is 16.3 Å². The van der Waals surface area contributed by atoms with Gasteiger partial charge in [0.15, 0.2) is 0 Å². The van der Waals surface area contributed by atoms with Crippen molar-refractivity contribution in [1.82, 2.24) is 0 Å². The fourth-order valence-corrected chi connectivity index (χ4v) is 1.50. The zero-order chi connectivity index (χ0) is 10.1. The van der Waals surface area contributed by atoms with Gasteiger partial charge in [-0.05, 0) is 34.5 Å². The molecule has 0 N–H and O–H groups in total. The molecular formula is C12H8ClF. The first kappa shape index (κ1) is 9.22. The van der Waals surface area contributed by atoms with E-state index in [-0.39, 0.29) is 5.82 Å². The van der Waals surface area contributed by atoms with Crippen LogP contribution in [-0.2, 0) is 0 Å². The van der Waals surface area contributed by atoms with Gasteiger partial charge in [-0.1, -0.05) is 36.4 Å². The van der Waals surface area contributed by atoms with Crippen LogP contribution in [0.3, 0.4) is 0 Å². The van der Waals surface area contributed by atoms with Crippen molar-refractivity contribution in [2.75, 3.05) is 0 Å². The minimum Gasteiger partial charge on any atom is -0.207 e. The summed E-state index contributed by atoms with van der Waals surface area (Å²) in [6.45, 7) is 3.64. The van der Waals surface area contributed by atoms with Crippen LogP contribution in [0.15, 0.2) is 43.0 Å². The molecule has 0 fully saturated rings. The Bertz CT molecular complexity index is 503. The Morgan fingerprint density at radius 3 is 2.43 bits per heavy atom. The molecule has 14 heavy (non-hydrogen) atoms. The van der Waals surface area contributed by atoms with E-state index in [1.165, 1.54) is 12.1 Å². The van der Waals surface area contributed by atoms with E-state index in [1.54, 1.807) is 6.07 Å². The van der Waals surface area contributed by atoms with Gasteiger partial charge in [-0.3, -0.25) is 0 Å². The van der Waals surface area contributed by atoms with Gasteiger partial charge in [-0.25, -0.2) is 4.39 Å². The van der Waals surface area contributed by atoms with Crippen LogP contribution in [0, 0.1) is 5.82 Å². The molecule has 2 aromatic rings. The highest BCUT2D eigenvalue weighted by Gasteiger charge is 1.99. The van der Waals surface area contributed by atoms with E-state index >= 15 is 0 Å². The van der Waals surface area contributed by atoms with Gasteiger partial charge in [-0.2, -0.15) is 0 Å². The molecule has 0 aliphatic rings. The minimum atomic E-state index is -0.227. The van der Waals surface area contributed by atoms with Gasteiger partial charge in [0.1, 0.15) is 5.82 Å². The highest BCUT2D eigenvalue weighted by Crippen LogP contribution is 2.22. The van der Waals surface area contributed by atoms with Crippen molar-refractivity contribution in [1.29, 1.82) is 0 Å². The SMILES string of the molecule is C=C(Cl)c1ccc2cc(F)ccc2c1. The van der Waals surface area contributed by atoms with Gasteiger partial charge in [0.2, 0.25) is 0 Å². The van der Waals surface area contributed by atoms with Gasteiger partial charge in [0.25, 0.3) is 0 Å². The number of rotatable bonds is 1. The Labute approximate surface area is 86.6 Å². The van der Waals surface area contributed by atoms with Crippen LogP contribution in [0.25, 0.3) is 15.8 Å². The van der Waals surface area contributed by atoms with E-state index in [0.29, 0.717) is 5.03 Å². The lowest BCUT2D eigenvalue weighted by atomic mass is 10.1. The molecule has 70 valence electrons. The minimum absolute atomic E-state index is 0.227. The number of fused-ring (bicyclic) bond motifs is 1. The molecule has 2 heteroatoms. The molecule has 0 nitrogen and oxygen atoms in total. The summed E-state index contributed by atoms with van der Waals surface area (Å²) in [5, 5.41) is 2.33. The normalized spacial score (nSPS) is 10.4. The molecule has 2 rings (SSSR count). The van der Waals surface area contributed by atoms with Gasteiger partial charge in [0.05, 0.1) is 0 Å². The van der Waals surface area contributed by atoms with E-state index in [1.807, 2.05) is 18.2 Å². The second-order valence-electron chi connectivity index (χ2n) is 3.11. The van der Waals surface area contributed by atoms with Crippen molar-refractivity contribution in [2.24, 2.45) is 0 Å². The Balaban J connectivity index is 2.67. The van der Waals surface area contributed by atoms with E-state index in [2.05, 4.69) is 6.58 Å². The second kappa shape index (κ2) is 3.43. The van der Waals surface area contributed by atoms with E-state index in [4.69, 9.17) is 11.6 Å². The molecule has 0 saturated heterocycles. The molecule has 0 spiro atoms. The summed E-state index contributed by atoms with van der Waals surface area (Å²) >= 11 is 5.77. The zero-order valence-electron chi connectivity index (χ0n) is 7.43. The Morgan fingerprint density at radius 1 is 1.07 bits per heavy atom. The number of hydrogen-bond acceptors (Lipinski definition) is 0. The third-order valence-corrected chi connectivity index (χ3v) is 2.33. The summed E-state index contributed by atoms with van der Waals surface area (Å²) in [7, 11) is 0. The molecule has 0 atom stereocenters. The van der Waals surface area contributed by atoms with Crippen LogP contribution in [0.1, 0.15) is 5.56 Å². The first-order valence-electron chi connectivity index (χ1n) is 4.21. The lowest BCUT2D eigenvalue weighted by Gasteiger charge is -2.01. The largest absolute Gasteiger partial charge is 0.207 e. The van der Waals surface area contributed by atoms with E-state index < -0.39 is 0 Å². The fraction of sp³-hybridized carbons (Fsp3) is 0. The van der Waals surface area contributed by atoms with Crippen LogP contribution < -0.4 is 0 Å². The van der Waals surface area contributed by atoms with Crippen LogP contribution in [0.4, 0.5) is 4.39 Å². The second-order valence-corrected chi connectivity index (χ2v) is 3.57. The first-order chi connectivity index (χ1) is 6.66. The molecule has 0 saturated carbocycles. The number of halogens is 2. The van der Waals surface area contributed by atoms with Gasteiger partial charge >= 0.3 is 0 Å². The zero-order valence-corrected chi connectivity index (χ0v) is 8.18. The molecule has 0 bridgehead atoms. The van der Waals surface area contributed by atoms with Gasteiger partial charge in [-0.15, -0.1) is 0 Å². The van der Waals surface area contributed by atoms with Crippen LogP contribution in [0.2, 0.25) is 0 Å². The van der Waals surface area contributed by atoms with Crippen molar-refractivity contribution in [3.63, 3.8) is 0 Å². The maximum absolute atomic E-state index is 12.9. The average molecular weight is 207 g/mol. The van der Waals surface area contributed by atoms with E-state index in [9.17, 15) is 4.39 Å². The number of hydrogen-bond donors (Lipinski definition) is 0. The topological polar surface area (TPSA) is 0 Å². The molecule has 0 aliphatic heterocycles. The number of benzene rings is 2. The fourth-order valence-electron chi connectivity index (χ4n) is 1.39. The monoisotopic (exact) mass is 206 g/mol. The summed E-state index contributed by atoms with van der Waals surface area (Å²) in [6.07, 6.45) is 0. The summed E-state index contributed by atoms with van der Waals surface area (Å²) in [6, 6.07) is 10.2. The lowest BCUT2D eigenvalue weighted by molar-refractivity contribution is 0.630. The van der Waals surface area contributed by atoms with Crippen LogP contribution in [0.5, 0.6) is 0 Å². The Hall–Kier alpha value is -1.34. The smallest absolute Gasteiger partial charge is 0.123 e. The molecule has 0 radical (unpaired) electrons. The average Bonchev–Trinajstić information content (AvgIpc) is 2.16. The summed E-state index contributed by atoms with van der Waals surface area (Å²) in [4.78, 5) is 0. The van der Waals surface area contributed by atoms with Gasteiger partial charge in [0, 0.05) is 5.03 Å². The summed E-state index contributed by atoms with van der Waals surface area (Å²) in [5.74, 6) is -0.227. The Kier molecular flexibility index (Phi) is 2.26. The Morgan fingerprint density at radius 2 is 1.71 bits per heavy atom. The van der Waals surface area contributed by atoms with Crippen molar-refractivity contribution < 1.29 is 4.39 Å². The standard InChI is InChI=1S/C12H8ClF/c1-8(13)9-2-3-11-7-12(14)5-4-10(11)6-9/h2-7H,1H2. The quantitative estimate of drug-likeness (QED) is 0.657. The maximum atomic E-state index is 12.9. The first-order valence-corrected chi connectivity index (χ1v) is 4.59. The highest BCUT2D eigenvalue weighted by atomic mass is 35.5. The van der Waals surface area contributed by atoms with Crippen LogP contribution in [-0.4, -0.2) is 0 Å². The van der Waals surface area contributed by atoms with Gasteiger partial charge < -0.3 is 0 Å². The lowest BCUT2D eigenvalue weighted by Crippen LogP contribution is -1.79.